The zero-order valence-corrected chi connectivity index (χ0v) is 16.8. The lowest BCUT2D eigenvalue weighted by atomic mass is 10.2. The molecule has 9 heteroatoms. The van der Waals surface area contributed by atoms with Crippen LogP contribution >= 0.6 is 11.3 Å². The van der Waals surface area contributed by atoms with E-state index < -0.39 is 15.9 Å². The predicted molar refractivity (Wildman–Crippen MR) is 104 cm³/mol. The highest BCUT2D eigenvalue weighted by Gasteiger charge is 2.18. The Morgan fingerprint density at radius 2 is 1.85 bits per heavy atom. The van der Waals surface area contributed by atoms with E-state index in [1.807, 2.05) is 25.5 Å². The normalized spacial score (nSPS) is 11.7. The standard InChI is InChI=1S/C18H19N3O4S2/c1-11-4-6-14(7-5-11)27(24,25)20-15(22)8-9-21-10-19-17-16(18(21)23)12(2)13(3)26-17/h4-7,10H,8-9H2,1-3H3,(H,20,22). The van der Waals surface area contributed by atoms with E-state index in [0.717, 1.165) is 16.0 Å². The first-order valence-electron chi connectivity index (χ1n) is 8.26. The number of aryl methyl sites for hydroxylation is 4. The van der Waals surface area contributed by atoms with Crippen LogP contribution in [0.25, 0.3) is 10.2 Å². The van der Waals surface area contributed by atoms with Crippen LogP contribution in [0, 0.1) is 20.8 Å². The van der Waals surface area contributed by atoms with Gasteiger partial charge in [0.15, 0.2) is 0 Å². The molecule has 0 saturated heterocycles. The Balaban J connectivity index is 1.73. The summed E-state index contributed by atoms with van der Waals surface area (Å²) in [5.41, 5.74) is 1.57. The summed E-state index contributed by atoms with van der Waals surface area (Å²) in [5, 5.41) is 0.549. The number of sulfonamides is 1. The van der Waals surface area contributed by atoms with Gasteiger partial charge in [-0.25, -0.2) is 18.1 Å². The van der Waals surface area contributed by atoms with E-state index in [1.165, 1.54) is 34.4 Å². The fourth-order valence-corrected chi connectivity index (χ4v) is 4.63. The van der Waals surface area contributed by atoms with Crippen LogP contribution in [0.2, 0.25) is 0 Å². The van der Waals surface area contributed by atoms with Crippen molar-refractivity contribution in [3.63, 3.8) is 0 Å². The fourth-order valence-electron chi connectivity index (χ4n) is 2.63. The van der Waals surface area contributed by atoms with Gasteiger partial charge in [0.05, 0.1) is 16.6 Å². The van der Waals surface area contributed by atoms with Crippen molar-refractivity contribution in [2.45, 2.75) is 38.6 Å². The Kier molecular flexibility index (Phi) is 5.16. The lowest BCUT2D eigenvalue weighted by Crippen LogP contribution is -2.32. The summed E-state index contributed by atoms with van der Waals surface area (Å²) in [6, 6.07) is 6.19. The zero-order chi connectivity index (χ0) is 19.8. The third kappa shape index (κ3) is 3.93. The smallest absolute Gasteiger partial charge is 0.264 e. The minimum Gasteiger partial charge on any atom is -0.298 e. The van der Waals surface area contributed by atoms with Crippen LogP contribution in [0.3, 0.4) is 0 Å². The van der Waals surface area contributed by atoms with Crippen molar-refractivity contribution in [1.82, 2.24) is 14.3 Å². The maximum absolute atomic E-state index is 12.6. The topological polar surface area (TPSA) is 98.1 Å². The average molecular weight is 406 g/mol. The number of thiophene rings is 1. The number of carbonyl (C=O) groups excluding carboxylic acids is 1. The number of carbonyl (C=O) groups is 1. The van der Waals surface area contributed by atoms with Crippen molar-refractivity contribution in [2.75, 3.05) is 0 Å². The van der Waals surface area contributed by atoms with Crippen LogP contribution in [0.1, 0.15) is 22.4 Å². The molecule has 0 atom stereocenters. The third-order valence-electron chi connectivity index (χ3n) is 4.32. The van der Waals surface area contributed by atoms with E-state index in [-0.39, 0.29) is 23.4 Å². The number of fused-ring (bicyclic) bond motifs is 1. The fraction of sp³-hybridized carbons (Fsp3) is 0.278. The lowest BCUT2D eigenvalue weighted by Gasteiger charge is -2.08. The average Bonchev–Trinajstić information content (AvgIpc) is 2.89. The molecular weight excluding hydrogens is 386 g/mol. The highest BCUT2D eigenvalue weighted by molar-refractivity contribution is 7.90. The summed E-state index contributed by atoms with van der Waals surface area (Å²) in [4.78, 5) is 30.7. The Bertz CT molecular complexity index is 1180. The molecule has 7 nitrogen and oxygen atoms in total. The monoisotopic (exact) mass is 405 g/mol. The SMILES string of the molecule is Cc1ccc(S(=O)(=O)NC(=O)CCn2cnc3sc(C)c(C)c3c2=O)cc1. The maximum Gasteiger partial charge on any atom is 0.264 e. The Labute approximate surface area is 160 Å². The van der Waals surface area contributed by atoms with Crippen LogP contribution in [0.5, 0.6) is 0 Å². The minimum absolute atomic E-state index is 0.0195. The molecule has 0 aliphatic rings. The molecule has 142 valence electrons. The molecule has 1 aromatic carbocycles. The molecule has 3 rings (SSSR count). The van der Waals surface area contributed by atoms with Crippen LogP contribution in [0.4, 0.5) is 0 Å². The first kappa shape index (κ1) is 19.2. The molecule has 0 unspecified atom stereocenters. The molecule has 0 aliphatic heterocycles. The molecule has 27 heavy (non-hydrogen) atoms. The number of aromatic nitrogens is 2. The molecule has 1 N–H and O–H groups in total. The van der Waals surface area contributed by atoms with E-state index in [2.05, 4.69) is 4.98 Å². The summed E-state index contributed by atoms with van der Waals surface area (Å²) in [5.74, 6) is -0.680. The lowest BCUT2D eigenvalue weighted by molar-refractivity contribution is -0.119. The van der Waals surface area contributed by atoms with Gasteiger partial charge in [0.2, 0.25) is 5.91 Å². The van der Waals surface area contributed by atoms with Crippen molar-refractivity contribution >= 4 is 37.5 Å². The summed E-state index contributed by atoms with van der Waals surface area (Å²) in [7, 11) is -3.93. The van der Waals surface area contributed by atoms with Gasteiger partial charge in [0, 0.05) is 17.8 Å². The molecule has 0 radical (unpaired) electrons. The predicted octanol–water partition coefficient (Wildman–Crippen LogP) is 2.28. The number of nitrogens with zero attached hydrogens (tertiary/aromatic N) is 2. The summed E-state index contributed by atoms with van der Waals surface area (Å²) >= 11 is 1.45. The van der Waals surface area contributed by atoms with Crippen LogP contribution in [0.15, 0.2) is 40.3 Å². The second-order valence-electron chi connectivity index (χ2n) is 6.30. The number of rotatable bonds is 5. The van der Waals surface area contributed by atoms with Crippen LogP contribution < -0.4 is 10.3 Å². The number of amides is 1. The van der Waals surface area contributed by atoms with Gasteiger partial charge in [-0.15, -0.1) is 11.3 Å². The van der Waals surface area contributed by atoms with Gasteiger partial charge in [-0.3, -0.25) is 14.2 Å². The molecule has 0 fully saturated rings. The molecular formula is C18H19N3O4S2. The summed E-state index contributed by atoms with van der Waals surface area (Å²) in [6.07, 6.45) is 1.24. The second-order valence-corrected chi connectivity index (χ2v) is 9.18. The van der Waals surface area contributed by atoms with Crippen molar-refractivity contribution in [3.05, 3.63) is 57.0 Å². The van der Waals surface area contributed by atoms with Crippen LogP contribution in [-0.4, -0.2) is 23.9 Å². The maximum atomic E-state index is 12.6. The third-order valence-corrected chi connectivity index (χ3v) is 6.82. The molecule has 0 aliphatic carbocycles. The van der Waals surface area contributed by atoms with Crippen molar-refractivity contribution in [1.29, 1.82) is 0 Å². The van der Waals surface area contributed by atoms with Crippen molar-refractivity contribution in [2.24, 2.45) is 0 Å². The molecule has 0 saturated carbocycles. The van der Waals surface area contributed by atoms with E-state index in [4.69, 9.17) is 0 Å². The van der Waals surface area contributed by atoms with E-state index in [9.17, 15) is 18.0 Å². The van der Waals surface area contributed by atoms with Crippen LogP contribution in [-0.2, 0) is 21.4 Å². The van der Waals surface area contributed by atoms with Gasteiger partial charge in [0.1, 0.15) is 4.83 Å². The number of hydrogen-bond acceptors (Lipinski definition) is 6. The van der Waals surface area contributed by atoms with Crippen molar-refractivity contribution < 1.29 is 13.2 Å². The number of nitrogens with one attached hydrogen (secondary N) is 1. The Hall–Kier alpha value is -2.52. The molecule has 0 spiro atoms. The van der Waals surface area contributed by atoms with Gasteiger partial charge in [-0.2, -0.15) is 0 Å². The van der Waals surface area contributed by atoms with Gasteiger partial charge < -0.3 is 0 Å². The zero-order valence-electron chi connectivity index (χ0n) is 15.1. The first-order chi connectivity index (χ1) is 12.7. The molecule has 3 aromatic rings. The van der Waals surface area contributed by atoms with Gasteiger partial charge >= 0.3 is 0 Å². The summed E-state index contributed by atoms with van der Waals surface area (Å²) < 4.78 is 27.9. The van der Waals surface area contributed by atoms with E-state index in [1.54, 1.807) is 12.1 Å². The summed E-state index contributed by atoms with van der Waals surface area (Å²) in [6.45, 7) is 5.68. The Morgan fingerprint density at radius 3 is 2.52 bits per heavy atom. The van der Waals surface area contributed by atoms with Crippen molar-refractivity contribution in [3.8, 4) is 0 Å². The van der Waals surface area contributed by atoms with Gasteiger partial charge in [0.25, 0.3) is 15.6 Å². The van der Waals surface area contributed by atoms with E-state index >= 15 is 0 Å². The Morgan fingerprint density at radius 1 is 1.19 bits per heavy atom. The minimum atomic E-state index is -3.93. The highest BCUT2D eigenvalue weighted by Crippen LogP contribution is 2.25. The molecule has 2 heterocycles. The highest BCUT2D eigenvalue weighted by atomic mass is 32.2. The second kappa shape index (κ2) is 7.24. The van der Waals surface area contributed by atoms with E-state index in [0.29, 0.717) is 10.2 Å². The first-order valence-corrected chi connectivity index (χ1v) is 10.6. The van der Waals surface area contributed by atoms with Gasteiger partial charge in [-0.1, -0.05) is 17.7 Å². The quantitative estimate of drug-likeness (QED) is 0.702. The molecule has 2 aromatic heterocycles. The number of hydrogen-bond donors (Lipinski definition) is 1. The molecule has 0 bridgehead atoms. The van der Waals surface area contributed by atoms with Gasteiger partial charge in [-0.05, 0) is 38.5 Å². The molecule has 1 amide bonds. The number of benzene rings is 1. The largest absolute Gasteiger partial charge is 0.298 e.